The lowest BCUT2D eigenvalue weighted by atomic mass is 9.97. The van der Waals surface area contributed by atoms with Gasteiger partial charge in [0.15, 0.2) is 0 Å². The highest BCUT2D eigenvalue weighted by molar-refractivity contribution is 5.81. The van der Waals surface area contributed by atoms with Crippen LogP contribution in [0, 0.1) is 0 Å². The van der Waals surface area contributed by atoms with Crippen molar-refractivity contribution in [1.82, 2.24) is 10.2 Å². The smallest absolute Gasteiger partial charge is 0.251 e. The van der Waals surface area contributed by atoms with Crippen LogP contribution in [0.4, 0.5) is 0 Å². The van der Waals surface area contributed by atoms with Crippen LogP contribution in [0.15, 0.2) is 0 Å². The van der Waals surface area contributed by atoms with Crippen LogP contribution in [-0.4, -0.2) is 48.2 Å². The second-order valence-electron chi connectivity index (χ2n) is 5.89. The Labute approximate surface area is 109 Å². The van der Waals surface area contributed by atoms with Crippen LogP contribution >= 0.6 is 0 Å². The van der Waals surface area contributed by atoms with E-state index in [1.165, 1.54) is 12.8 Å². The predicted octanol–water partition coefficient (Wildman–Crippen LogP) is 1.30. The van der Waals surface area contributed by atoms with Gasteiger partial charge >= 0.3 is 0 Å². The summed E-state index contributed by atoms with van der Waals surface area (Å²) in [5.74, 6) is 0.237. The van der Waals surface area contributed by atoms with Gasteiger partial charge in [-0.05, 0) is 45.4 Å². The molecule has 0 aromatic carbocycles. The van der Waals surface area contributed by atoms with Crippen LogP contribution in [-0.2, 0) is 9.53 Å². The van der Waals surface area contributed by atoms with Gasteiger partial charge in [-0.2, -0.15) is 0 Å². The Balaban J connectivity index is 1.66. The number of hydrogen-bond donors (Lipinski definition) is 1. The number of carbonyl (C=O) groups excluding carboxylic acids is 1. The van der Waals surface area contributed by atoms with E-state index in [9.17, 15) is 4.79 Å². The Hall–Kier alpha value is -0.610. The van der Waals surface area contributed by atoms with Gasteiger partial charge in [-0.1, -0.05) is 0 Å². The van der Waals surface area contributed by atoms with Crippen molar-refractivity contribution < 1.29 is 9.53 Å². The number of rotatable bonds is 3. The summed E-state index contributed by atoms with van der Waals surface area (Å²) in [6, 6.07) is 1.71. The molecule has 3 aliphatic heterocycles. The zero-order chi connectivity index (χ0) is 12.5. The Morgan fingerprint density at radius 1 is 1.28 bits per heavy atom. The van der Waals surface area contributed by atoms with Gasteiger partial charge in [0, 0.05) is 31.3 Å². The molecule has 0 radical (unpaired) electrons. The molecule has 2 unspecified atom stereocenters. The highest BCUT2D eigenvalue weighted by Crippen LogP contribution is 2.30. The summed E-state index contributed by atoms with van der Waals surface area (Å²) in [5, 5.41) is 3.64. The maximum atomic E-state index is 12.5. The lowest BCUT2D eigenvalue weighted by Gasteiger charge is -2.38. The molecule has 18 heavy (non-hydrogen) atoms. The third-order valence-corrected chi connectivity index (χ3v) is 4.72. The number of likely N-dealkylation sites (N-methyl/N-ethyl adjacent to an activating group) is 1. The number of carbonyl (C=O) groups is 1. The standard InChI is InChI=1S/C14H24N2O2/c1-2-16(14(17)13-4-3-7-18-13)12-8-10-5-6-11(9-12)15-10/h10-13,15H,2-9H2,1H3/t10?,11?,12?,13-/m1/s1. The van der Waals surface area contributed by atoms with E-state index in [4.69, 9.17) is 4.74 Å². The second kappa shape index (κ2) is 5.17. The largest absolute Gasteiger partial charge is 0.368 e. The normalized spacial score (nSPS) is 38.9. The highest BCUT2D eigenvalue weighted by Gasteiger charge is 2.39. The fraction of sp³-hybridized carbons (Fsp3) is 0.929. The maximum Gasteiger partial charge on any atom is 0.251 e. The van der Waals surface area contributed by atoms with Crippen molar-refractivity contribution in [1.29, 1.82) is 0 Å². The van der Waals surface area contributed by atoms with E-state index >= 15 is 0 Å². The number of fused-ring (bicyclic) bond motifs is 2. The van der Waals surface area contributed by atoms with Crippen molar-refractivity contribution >= 4 is 5.91 Å². The Kier molecular flexibility index (Phi) is 3.57. The fourth-order valence-electron chi connectivity index (χ4n) is 3.83. The van der Waals surface area contributed by atoms with Gasteiger partial charge in [-0.15, -0.1) is 0 Å². The molecule has 0 aromatic heterocycles. The van der Waals surface area contributed by atoms with E-state index in [2.05, 4.69) is 17.1 Å². The molecule has 1 N–H and O–H groups in total. The minimum atomic E-state index is -0.155. The molecule has 0 aromatic rings. The molecule has 3 atom stereocenters. The minimum absolute atomic E-state index is 0.155. The zero-order valence-electron chi connectivity index (χ0n) is 11.2. The molecule has 4 heteroatoms. The molecular weight excluding hydrogens is 228 g/mol. The molecule has 102 valence electrons. The third-order valence-electron chi connectivity index (χ3n) is 4.72. The molecule has 4 nitrogen and oxygen atoms in total. The van der Waals surface area contributed by atoms with Crippen molar-refractivity contribution in [2.75, 3.05) is 13.2 Å². The summed E-state index contributed by atoms with van der Waals surface area (Å²) in [6.07, 6.45) is 6.61. The van der Waals surface area contributed by atoms with Gasteiger partial charge in [0.05, 0.1) is 0 Å². The van der Waals surface area contributed by atoms with E-state index in [1.807, 2.05) is 0 Å². The van der Waals surface area contributed by atoms with Gasteiger partial charge in [0.1, 0.15) is 6.10 Å². The van der Waals surface area contributed by atoms with Crippen molar-refractivity contribution in [2.45, 2.75) is 69.7 Å². The molecule has 3 heterocycles. The predicted molar refractivity (Wildman–Crippen MR) is 69.3 cm³/mol. The fourth-order valence-corrected chi connectivity index (χ4v) is 3.83. The molecule has 0 spiro atoms. The van der Waals surface area contributed by atoms with Crippen molar-refractivity contribution in [3.8, 4) is 0 Å². The van der Waals surface area contributed by atoms with Crippen molar-refractivity contribution in [3.05, 3.63) is 0 Å². The maximum absolute atomic E-state index is 12.5. The van der Waals surface area contributed by atoms with Crippen LogP contribution in [0.5, 0.6) is 0 Å². The molecule has 0 aliphatic carbocycles. The van der Waals surface area contributed by atoms with Crippen LogP contribution in [0.1, 0.15) is 45.4 Å². The number of hydrogen-bond acceptors (Lipinski definition) is 3. The van der Waals surface area contributed by atoms with E-state index < -0.39 is 0 Å². The van der Waals surface area contributed by atoms with Crippen LogP contribution in [0.2, 0.25) is 0 Å². The Morgan fingerprint density at radius 3 is 2.56 bits per heavy atom. The van der Waals surface area contributed by atoms with E-state index in [-0.39, 0.29) is 12.0 Å². The Bertz CT molecular complexity index is 303. The second-order valence-corrected chi connectivity index (χ2v) is 5.89. The Morgan fingerprint density at radius 2 is 2.00 bits per heavy atom. The molecule has 0 saturated carbocycles. The first-order valence-electron chi connectivity index (χ1n) is 7.46. The number of ether oxygens (including phenoxy) is 1. The molecule has 3 saturated heterocycles. The first-order valence-corrected chi connectivity index (χ1v) is 7.46. The van der Waals surface area contributed by atoms with Gasteiger partial charge in [-0.3, -0.25) is 4.79 Å². The highest BCUT2D eigenvalue weighted by atomic mass is 16.5. The minimum Gasteiger partial charge on any atom is -0.368 e. The lowest BCUT2D eigenvalue weighted by Crippen LogP contribution is -2.52. The molecule has 2 bridgehead atoms. The summed E-state index contributed by atoms with van der Waals surface area (Å²) >= 11 is 0. The third kappa shape index (κ3) is 2.28. The van der Waals surface area contributed by atoms with E-state index in [1.54, 1.807) is 0 Å². The first kappa shape index (κ1) is 12.4. The number of nitrogens with zero attached hydrogens (tertiary/aromatic N) is 1. The van der Waals surface area contributed by atoms with Crippen LogP contribution in [0.25, 0.3) is 0 Å². The van der Waals surface area contributed by atoms with Crippen LogP contribution < -0.4 is 5.32 Å². The zero-order valence-corrected chi connectivity index (χ0v) is 11.2. The summed E-state index contributed by atoms with van der Waals surface area (Å²) in [5.41, 5.74) is 0. The topological polar surface area (TPSA) is 41.6 Å². The van der Waals surface area contributed by atoms with Crippen LogP contribution in [0.3, 0.4) is 0 Å². The van der Waals surface area contributed by atoms with Crippen molar-refractivity contribution in [3.63, 3.8) is 0 Å². The summed E-state index contributed by atoms with van der Waals surface area (Å²) in [7, 11) is 0. The van der Waals surface area contributed by atoms with Gasteiger partial charge < -0.3 is 15.0 Å². The monoisotopic (exact) mass is 252 g/mol. The SMILES string of the molecule is CCN(C(=O)[C@H]1CCCO1)C1CC2CCC(C1)N2. The average Bonchev–Trinajstić information content (AvgIpc) is 3.00. The average molecular weight is 252 g/mol. The lowest BCUT2D eigenvalue weighted by molar-refractivity contribution is -0.143. The van der Waals surface area contributed by atoms with Gasteiger partial charge in [0.25, 0.3) is 5.91 Å². The van der Waals surface area contributed by atoms with E-state index in [0.29, 0.717) is 18.1 Å². The summed E-state index contributed by atoms with van der Waals surface area (Å²) in [6.45, 7) is 3.67. The number of amides is 1. The number of nitrogens with one attached hydrogen (secondary N) is 1. The summed E-state index contributed by atoms with van der Waals surface area (Å²) in [4.78, 5) is 14.6. The molecule has 1 amide bonds. The molecule has 3 fully saturated rings. The summed E-state index contributed by atoms with van der Waals surface area (Å²) < 4.78 is 5.55. The molecular formula is C14H24N2O2. The van der Waals surface area contributed by atoms with E-state index in [0.717, 1.165) is 38.8 Å². The molecule has 3 rings (SSSR count). The molecule has 3 aliphatic rings. The first-order chi connectivity index (χ1) is 8.78. The van der Waals surface area contributed by atoms with Gasteiger partial charge in [-0.25, -0.2) is 0 Å². The van der Waals surface area contributed by atoms with Gasteiger partial charge in [0.2, 0.25) is 0 Å². The number of piperidine rings is 1. The quantitative estimate of drug-likeness (QED) is 0.823. The van der Waals surface area contributed by atoms with Crippen molar-refractivity contribution in [2.24, 2.45) is 0 Å².